The van der Waals surface area contributed by atoms with Crippen molar-refractivity contribution in [1.29, 1.82) is 0 Å². The predicted octanol–water partition coefficient (Wildman–Crippen LogP) is 3.68. The van der Waals surface area contributed by atoms with Crippen LogP contribution in [0.2, 0.25) is 0 Å². The van der Waals surface area contributed by atoms with Crippen molar-refractivity contribution in [3.05, 3.63) is 28.7 Å². The predicted molar refractivity (Wildman–Crippen MR) is 83.3 cm³/mol. The third kappa shape index (κ3) is 4.57. The highest BCUT2D eigenvalue weighted by atomic mass is 79.9. The molecule has 2 nitrogen and oxygen atoms in total. The van der Waals surface area contributed by atoms with Gasteiger partial charge in [0, 0.05) is 14.9 Å². The molecule has 0 aliphatic carbocycles. The molecule has 4 heteroatoms. The Bertz CT molecular complexity index is 347. The summed E-state index contributed by atoms with van der Waals surface area (Å²) in [5, 5.41) is 12.7. The molecule has 0 aromatic heterocycles. The van der Waals surface area contributed by atoms with Crippen LogP contribution in [-0.2, 0) is 0 Å². The Morgan fingerprint density at radius 2 is 2.11 bits per heavy atom. The summed E-state index contributed by atoms with van der Waals surface area (Å²) >= 11 is 5.42. The number of aliphatic hydroxyl groups is 1. The van der Waals surface area contributed by atoms with Gasteiger partial charge in [0.2, 0.25) is 0 Å². The quantitative estimate of drug-likeness (QED) is 0.563. The molecule has 1 atom stereocenters. The maximum Gasteiger partial charge on any atom is 0.0613 e. The van der Waals surface area contributed by atoms with Crippen LogP contribution < -0.4 is 5.32 Å². The molecule has 1 aromatic carbocycles. The van der Waals surface area contributed by atoms with Crippen LogP contribution in [0.15, 0.2) is 33.6 Å². The normalized spacial score (nSPS) is 14.4. The third-order valence-electron chi connectivity index (χ3n) is 3.40. The van der Waals surface area contributed by atoms with Crippen LogP contribution in [0.4, 0.5) is 0 Å². The summed E-state index contributed by atoms with van der Waals surface area (Å²) in [7, 11) is 1.93. The number of halogens is 1. The molecule has 0 fully saturated rings. The number of likely N-dealkylation sites (N-methyl/N-ethyl adjacent to an activating group) is 1. The fourth-order valence-corrected chi connectivity index (χ4v) is 3.42. The van der Waals surface area contributed by atoms with Crippen molar-refractivity contribution in [3.63, 3.8) is 0 Å². The zero-order valence-corrected chi connectivity index (χ0v) is 13.5. The van der Waals surface area contributed by atoms with Gasteiger partial charge in [0.1, 0.15) is 0 Å². The minimum Gasteiger partial charge on any atom is -0.394 e. The first kappa shape index (κ1) is 16.0. The number of rotatable bonds is 8. The van der Waals surface area contributed by atoms with Gasteiger partial charge in [-0.05, 0) is 60.1 Å². The van der Waals surface area contributed by atoms with E-state index in [-0.39, 0.29) is 12.1 Å². The standard InChI is InChI=1S/C14H22BrNOS/c1-3-14(11-17,16-2)9-6-10-18-13-8-5-4-7-12(13)15/h4-5,7-8,16-17H,3,6,9-11H2,1-2H3. The molecule has 102 valence electrons. The number of nitrogens with one attached hydrogen (secondary N) is 1. The molecule has 0 aliphatic heterocycles. The van der Waals surface area contributed by atoms with Gasteiger partial charge in [-0.15, -0.1) is 11.8 Å². The van der Waals surface area contributed by atoms with Gasteiger partial charge in [-0.25, -0.2) is 0 Å². The molecule has 18 heavy (non-hydrogen) atoms. The third-order valence-corrected chi connectivity index (χ3v) is 5.52. The SMILES string of the molecule is CCC(CO)(CCCSc1ccccc1Br)NC. The van der Waals surface area contributed by atoms with Crippen molar-refractivity contribution in [2.24, 2.45) is 0 Å². The molecular weight excluding hydrogens is 310 g/mol. The lowest BCUT2D eigenvalue weighted by molar-refractivity contribution is 0.154. The first-order valence-electron chi connectivity index (χ1n) is 6.34. The number of hydrogen-bond donors (Lipinski definition) is 2. The Balaban J connectivity index is 2.37. The average Bonchev–Trinajstić information content (AvgIpc) is 2.42. The van der Waals surface area contributed by atoms with Gasteiger partial charge in [-0.3, -0.25) is 0 Å². The van der Waals surface area contributed by atoms with E-state index in [9.17, 15) is 5.11 Å². The molecule has 0 aliphatic rings. The highest BCUT2D eigenvalue weighted by Gasteiger charge is 2.24. The molecule has 0 amide bonds. The Hall–Kier alpha value is -0.0300. The fourth-order valence-electron chi connectivity index (χ4n) is 1.90. The smallest absolute Gasteiger partial charge is 0.0613 e. The summed E-state index contributed by atoms with van der Waals surface area (Å²) in [5.74, 6) is 1.08. The van der Waals surface area contributed by atoms with E-state index in [1.807, 2.05) is 24.9 Å². The molecular formula is C14H22BrNOS. The van der Waals surface area contributed by atoms with Crippen LogP contribution in [0, 0.1) is 0 Å². The summed E-state index contributed by atoms with van der Waals surface area (Å²) in [6, 6.07) is 8.29. The molecule has 0 spiro atoms. The Kier molecular flexibility index (Phi) is 7.30. The van der Waals surface area contributed by atoms with Gasteiger partial charge < -0.3 is 10.4 Å². The van der Waals surface area contributed by atoms with Crippen LogP contribution in [0.25, 0.3) is 0 Å². The second-order valence-electron chi connectivity index (χ2n) is 4.42. The van der Waals surface area contributed by atoms with E-state index in [4.69, 9.17) is 0 Å². The monoisotopic (exact) mass is 331 g/mol. The molecule has 0 radical (unpaired) electrons. The molecule has 2 N–H and O–H groups in total. The maximum atomic E-state index is 9.46. The van der Waals surface area contributed by atoms with Gasteiger partial charge in [-0.2, -0.15) is 0 Å². The maximum absolute atomic E-state index is 9.46. The lowest BCUT2D eigenvalue weighted by Gasteiger charge is -2.30. The van der Waals surface area contributed by atoms with E-state index in [2.05, 4.69) is 46.4 Å². The number of benzene rings is 1. The lowest BCUT2D eigenvalue weighted by atomic mass is 9.92. The summed E-state index contributed by atoms with van der Waals surface area (Å²) in [5.41, 5.74) is -0.103. The van der Waals surface area contributed by atoms with E-state index in [0.717, 1.165) is 29.5 Å². The zero-order valence-electron chi connectivity index (χ0n) is 11.1. The molecule has 1 unspecified atom stereocenters. The Morgan fingerprint density at radius 3 is 2.67 bits per heavy atom. The Labute approximate surface area is 123 Å². The van der Waals surface area contributed by atoms with E-state index in [0.29, 0.717) is 0 Å². The van der Waals surface area contributed by atoms with Crippen molar-refractivity contribution < 1.29 is 5.11 Å². The highest BCUT2D eigenvalue weighted by Crippen LogP contribution is 2.28. The number of aliphatic hydroxyl groups excluding tert-OH is 1. The highest BCUT2D eigenvalue weighted by molar-refractivity contribution is 9.10. The van der Waals surface area contributed by atoms with E-state index in [1.165, 1.54) is 4.90 Å². The van der Waals surface area contributed by atoms with Gasteiger partial charge in [0.15, 0.2) is 0 Å². The average molecular weight is 332 g/mol. The number of hydrogen-bond acceptors (Lipinski definition) is 3. The summed E-state index contributed by atoms with van der Waals surface area (Å²) in [6.45, 7) is 2.33. The van der Waals surface area contributed by atoms with Crippen molar-refractivity contribution in [1.82, 2.24) is 5.32 Å². The number of thioether (sulfide) groups is 1. The summed E-state index contributed by atoms with van der Waals surface area (Å²) < 4.78 is 1.16. The van der Waals surface area contributed by atoms with E-state index >= 15 is 0 Å². The van der Waals surface area contributed by atoms with Crippen LogP contribution in [0.1, 0.15) is 26.2 Å². The summed E-state index contributed by atoms with van der Waals surface area (Å²) in [6.07, 6.45) is 3.06. The van der Waals surface area contributed by atoms with Crippen molar-refractivity contribution in [2.75, 3.05) is 19.4 Å². The van der Waals surface area contributed by atoms with Gasteiger partial charge in [0.25, 0.3) is 0 Å². The topological polar surface area (TPSA) is 32.3 Å². The molecule has 1 aromatic rings. The van der Waals surface area contributed by atoms with Gasteiger partial charge >= 0.3 is 0 Å². The van der Waals surface area contributed by atoms with Crippen LogP contribution >= 0.6 is 27.7 Å². The fraction of sp³-hybridized carbons (Fsp3) is 0.571. The molecule has 0 bridgehead atoms. The second-order valence-corrected chi connectivity index (χ2v) is 6.42. The zero-order chi connectivity index (χ0) is 13.4. The largest absolute Gasteiger partial charge is 0.394 e. The molecule has 0 saturated carbocycles. The molecule has 0 saturated heterocycles. The van der Waals surface area contributed by atoms with E-state index in [1.54, 1.807) is 0 Å². The van der Waals surface area contributed by atoms with E-state index < -0.39 is 0 Å². The minimum atomic E-state index is -0.103. The first-order chi connectivity index (χ1) is 8.67. The van der Waals surface area contributed by atoms with Crippen molar-refractivity contribution >= 4 is 27.7 Å². The van der Waals surface area contributed by atoms with Crippen molar-refractivity contribution in [2.45, 2.75) is 36.6 Å². The van der Waals surface area contributed by atoms with Gasteiger partial charge in [-0.1, -0.05) is 19.1 Å². The van der Waals surface area contributed by atoms with Gasteiger partial charge in [0.05, 0.1) is 6.61 Å². The van der Waals surface area contributed by atoms with Crippen LogP contribution in [-0.4, -0.2) is 30.1 Å². The van der Waals surface area contributed by atoms with Crippen LogP contribution in [0.3, 0.4) is 0 Å². The second kappa shape index (κ2) is 8.20. The van der Waals surface area contributed by atoms with Crippen molar-refractivity contribution in [3.8, 4) is 0 Å². The van der Waals surface area contributed by atoms with Crippen LogP contribution in [0.5, 0.6) is 0 Å². The lowest BCUT2D eigenvalue weighted by Crippen LogP contribution is -2.45. The molecule has 0 heterocycles. The molecule has 1 rings (SSSR count). The summed E-state index contributed by atoms with van der Waals surface area (Å²) in [4.78, 5) is 1.29. The Morgan fingerprint density at radius 1 is 1.39 bits per heavy atom. The first-order valence-corrected chi connectivity index (χ1v) is 8.12. The minimum absolute atomic E-state index is 0.103.